The zero-order valence-electron chi connectivity index (χ0n) is 9.53. The molecule has 16 heavy (non-hydrogen) atoms. The van der Waals surface area contributed by atoms with E-state index in [4.69, 9.17) is 10.2 Å². The highest BCUT2D eigenvalue weighted by Gasteiger charge is 2.27. The topological polar surface area (TPSA) is 74.6 Å². The molecule has 0 bridgehead atoms. The Morgan fingerprint density at radius 1 is 1.06 bits per heavy atom. The number of hydrogen-bond donors (Lipinski definition) is 2. The van der Waals surface area contributed by atoms with Gasteiger partial charge in [0.25, 0.3) is 0 Å². The second kappa shape index (κ2) is 5.68. The Bertz CT molecular complexity index is 311. The molecule has 0 unspecified atom stereocenters. The summed E-state index contributed by atoms with van der Waals surface area (Å²) in [6.07, 6.45) is 5.00. The zero-order valence-corrected chi connectivity index (χ0v) is 9.53. The average Bonchev–Trinajstić information content (AvgIpc) is 2.25. The van der Waals surface area contributed by atoms with Crippen molar-refractivity contribution in [2.75, 3.05) is 0 Å². The van der Waals surface area contributed by atoms with Gasteiger partial charge in [-0.1, -0.05) is 26.2 Å². The van der Waals surface area contributed by atoms with Crippen LogP contribution in [0.4, 0.5) is 0 Å². The second-order valence-corrected chi connectivity index (χ2v) is 4.19. The van der Waals surface area contributed by atoms with E-state index in [0.29, 0.717) is 0 Å². The summed E-state index contributed by atoms with van der Waals surface area (Å²) < 4.78 is 0. The van der Waals surface area contributed by atoms with Gasteiger partial charge in [0.05, 0.1) is 5.57 Å². The highest BCUT2D eigenvalue weighted by Crippen LogP contribution is 2.32. The average molecular weight is 226 g/mol. The molecule has 1 rings (SSSR count). The first-order chi connectivity index (χ1) is 7.57. The molecular formula is C12H18O4. The molecule has 0 aromatic heterocycles. The molecule has 0 spiro atoms. The highest BCUT2D eigenvalue weighted by atomic mass is 16.4. The van der Waals surface area contributed by atoms with E-state index in [2.05, 4.69) is 0 Å². The van der Waals surface area contributed by atoms with Crippen molar-refractivity contribution in [3.05, 3.63) is 11.1 Å². The second-order valence-electron chi connectivity index (χ2n) is 4.19. The summed E-state index contributed by atoms with van der Waals surface area (Å²) in [5.74, 6) is -2.23. The first-order valence-corrected chi connectivity index (χ1v) is 5.77. The van der Waals surface area contributed by atoms with Gasteiger partial charge >= 0.3 is 11.9 Å². The summed E-state index contributed by atoms with van der Waals surface area (Å²) >= 11 is 0. The fourth-order valence-electron chi connectivity index (χ4n) is 2.40. The van der Waals surface area contributed by atoms with E-state index in [0.717, 1.165) is 32.1 Å². The van der Waals surface area contributed by atoms with Crippen LogP contribution in [-0.4, -0.2) is 22.2 Å². The molecule has 0 radical (unpaired) electrons. The van der Waals surface area contributed by atoms with Crippen LogP contribution in [0.1, 0.15) is 45.4 Å². The van der Waals surface area contributed by atoms with E-state index in [1.165, 1.54) is 0 Å². The van der Waals surface area contributed by atoms with Crippen molar-refractivity contribution in [3.8, 4) is 0 Å². The van der Waals surface area contributed by atoms with Crippen LogP contribution in [0.25, 0.3) is 0 Å². The van der Waals surface area contributed by atoms with Crippen LogP contribution >= 0.6 is 0 Å². The molecule has 4 nitrogen and oxygen atoms in total. The SMILES string of the molecule is CC/C(C(=O)O)=C(\C(=O)O)C1CCCCC1. The lowest BCUT2D eigenvalue weighted by molar-refractivity contribution is -0.136. The van der Waals surface area contributed by atoms with Crippen LogP contribution in [0.5, 0.6) is 0 Å². The van der Waals surface area contributed by atoms with Crippen molar-refractivity contribution in [3.63, 3.8) is 0 Å². The van der Waals surface area contributed by atoms with Gasteiger partial charge in [-0.15, -0.1) is 0 Å². The van der Waals surface area contributed by atoms with E-state index in [-0.39, 0.29) is 23.5 Å². The Morgan fingerprint density at radius 3 is 2.00 bits per heavy atom. The maximum Gasteiger partial charge on any atom is 0.332 e. The van der Waals surface area contributed by atoms with Crippen molar-refractivity contribution in [1.82, 2.24) is 0 Å². The number of carboxylic acid groups (broad SMARTS) is 2. The van der Waals surface area contributed by atoms with Crippen molar-refractivity contribution in [2.24, 2.45) is 5.92 Å². The normalized spacial score (nSPS) is 19.1. The van der Waals surface area contributed by atoms with Gasteiger partial charge in [0.1, 0.15) is 0 Å². The van der Waals surface area contributed by atoms with E-state index in [1.807, 2.05) is 0 Å². The van der Waals surface area contributed by atoms with Gasteiger partial charge in [0.15, 0.2) is 0 Å². The van der Waals surface area contributed by atoms with Crippen molar-refractivity contribution in [2.45, 2.75) is 45.4 Å². The molecule has 0 atom stereocenters. The van der Waals surface area contributed by atoms with Gasteiger partial charge < -0.3 is 10.2 Å². The molecule has 0 aromatic rings. The lowest BCUT2D eigenvalue weighted by Gasteiger charge is -2.23. The Morgan fingerprint density at radius 2 is 1.62 bits per heavy atom. The summed E-state index contributed by atoms with van der Waals surface area (Å²) in [4.78, 5) is 22.2. The predicted octanol–water partition coefficient (Wildman–Crippen LogP) is 2.44. The lowest BCUT2D eigenvalue weighted by atomic mass is 9.81. The van der Waals surface area contributed by atoms with E-state index in [1.54, 1.807) is 6.92 Å². The summed E-state index contributed by atoms with van der Waals surface area (Å²) in [6, 6.07) is 0. The Kier molecular flexibility index (Phi) is 4.52. The van der Waals surface area contributed by atoms with E-state index >= 15 is 0 Å². The van der Waals surface area contributed by atoms with Crippen LogP contribution in [0.2, 0.25) is 0 Å². The van der Waals surface area contributed by atoms with E-state index in [9.17, 15) is 9.59 Å². The molecule has 2 N–H and O–H groups in total. The lowest BCUT2D eigenvalue weighted by Crippen LogP contribution is -2.20. The van der Waals surface area contributed by atoms with Crippen LogP contribution in [0, 0.1) is 5.92 Å². The maximum atomic E-state index is 11.2. The molecule has 4 heteroatoms. The molecule has 1 aliphatic carbocycles. The largest absolute Gasteiger partial charge is 0.478 e. The van der Waals surface area contributed by atoms with E-state index < -0.39 is 11.9 Å². The van der Waals surface area contributed by atoms with Gasteiger partial charge in [-0.2, -0.15) is 0 Å². The van der Waals surface area contributed by atoms with Gasteiger partial charge in [0, 0.05) is 5.57 Å². The van der Waals surface area contributed by atoms with Crippen LogP contribution in [0.15, 0.2) is 11.1 Å². The molecule has 0 amide bonds. The van der Waals surface area contributed by atoms with Crippen LogP contribution in [0.3, 0.4) is 0 Å². The molecule has 0 heterocycles. The minimum atomic E-state index is -1.09. The quantitative estimate of drug-likeness (QED) is 0.722. The predicted molar refractivity (Wildman–Crippen MR) is 59.2 cm³/mol. The van der Waals surface area contributed by atoms with Gasteiger partial charge in [-0.25, -0.2) is 9.59 Å². The molecule has 1 aliphatic rings. The number of carbonyl (C=O) groups is 2. The van der Waals surface area contributed by atoms with Gasteiger partial charge in [-0.3, -0.25) is 0 Å². The highest BCUT2D eigenvalue weighted by molar-refractivity contribution is 5.99. The van der Waals surface area contributed by atoms with Crippen molar-refractivity contribution < 1.29 is 19.8 Å². The Balaban J connectivity index is 3.04. The van der Waals surface area contributed by atoms with Gasteiger partial charge in [-0.05, 0) is 25.2 Å². The fraction of sp³-hybridized carbons (Fsp3) is 0.667. The van der Waals surface area contributed by atoms with Crippen molar-refractivity contribution >= 4 is 11.9 Å². The van der Waals surface area contributed by atoms with Crippen LogP contribution in [-0.2, 0) is 9.59 Å². The van der Waals surface area contributed by atoms with Gasteiger partial charge in [0.2, 0.25) is 0 Å². The Labute approximate surface area is 95.0 Å². The number of carboxylic acids is 2. The minimum absolute atomic E-state index is 0.0689. The zero-order chi connectivity index (χ0) is 12.1. The molecule has 90 valence electrons. The monoisotopic (exact) mass is 226 g/mol. The minimum Gasteiger partial charge on any atom is -0.478 e. The summed E-state index contributed by atoms with van der Waals surface area (Å²) in [6.45, 7) is 1.69. The molecule has 0 aromatic carbocycles. The number of rotatable bonds is 4. The number of aliphatic carboxylic acids is 2. The standard InChI is InChI=1S/C12H18O4/c1-2-9(11(13)14)10(12(15)16)8-6-4-3-5-7-8/h8H,2-7H2,1H3,(H,13,14)(H,15,16)/b10-9+. The molecule has 0 aliphatic heterocycles. The summed E-state index contributed by atoms with van der Waals surface area (Å²) in [5, 5.41) is 18.2. The third kappa shape index (κ3) is 2.84. The third-order valence-electron chi connectivity index (χ3n) is 3.18. The molecular weight excluding hydrogens is 208 g/mol. The third-order valence-corrected chi connectivity index (χ3v) is 3.18. The first kappa shape index (κ1) is 12.7. The Hall–Kier alpha value is -1.32. The first-order valence-electron chi connectivity index (χ1n) is 5.77. The summed E-state index contributed by atoms with van der Waals surface area (Å²) in [7, 11) is 0. The molecule has 1 fully saturated rings. The van der Waals surface area contributed by atoms with Crippen molar-refractivity contribution in [1.29, 1.82) is 0 Å². The maximum absolute atomic E-state index is 11.2. The fourth-order valence-corrected chi connectivity index (χ4v) is 2.40. The van der Waals surface area contributed by atoms with Crippen LogP contribution < -0.4 is 0 Å². The number of hydrogen-bond acceptors (Lipinski definition) is 2. The smallest absolute Gasteiger partial charge is 0.332 e. The summed E-state index contributed by atoms with van der Waals surface area (Å²) in [5.41, 5.74) is 0.203. The molecule has 0 saturated heterocycles. The molecule has 1 saturated carbocycles.